The molecule has 1 aliphatic heterocycles. The number of rotatable bonds is 7. The Labute approximate surface area is 159 Å². The van der Waals surface area contributed by atoms with Crippen LogP contribution in [0.2, 0.25) is 0 Å². The highest BCUT2D eigenvalue weighted by molar-refractivity contribution is 5.78. The van der Waals surface area contributed by atoms with Crippen LogP contribution < -0.4 is 16.0 Å². The van der Waals surface area contributed by atoms with E-state index in [-0.39, 0.29) is 5.82 Å². The minimum Gasteiger partial charge on any atom is -0.370 e. The highest BCUT2D eigenvalue weighted by Crippen LogP contribution is 2.16. The Bertz CT molecular complexity index is 711. The van der Waals surface area contributed by atoms with Gasteiger partial charge in [0.1, 0.15) is 11.6 Å². The number of anilines is 2. The van der Waals surface area contributed by atoms with Crippen molar-refractivity contribution in [2.75, 3.05) is 49.5 Å². The van der Waals surface area contributed by atoms with Crippen molar-refractivity contribution in [3.8, 4) is 0 Å². The van der Waals surface area contributed by atoms with Crippen LogP contribution in [0.4, 0.5) is 15.9 Å². The van der Waals surface area contributed by atoms with Gasteiger partial charge in [-0.15, -0.1) is 0 Å². The van der Waals surface area contributed by atoms with Crippen LogP contribution in [0, 0.1) is 5.82 Å². The van der Waals surface area contributed by atoms with Crippen molar-refractivity contribution < 1.29 is 4.39 Å². The molecule has 1 fully saturated rings. The lowest BCUT2D eigenvalue weighted by Gasteiger charge is -2.36. The SMILES string of the molecule is NC(=NCCCCNc1ccccn1)N1CCN(c2ccc(F)cc2)CC1. The maximum Gasteiger partial charge on any atom is 0.191 e. The van der Waals surface area contributed by atoms with E-state index >= 15 is 0 Å². The Morgan fingerprint density at radius 2 is 1.85 bits per heavy atom. The molecule has 0 bridgehead atoms. The van der Waals surface area contributed by atoms with Crippen LogP contribution in [0.5, 0.6) is 0 Å². The predicted octanol–water partition coefficient (Wildman–Crippen LogP) is 2.55. The summed E-state index contributed by atoms with van der Waals surface area (Å²) >= 11 is 0. The molecule has 2 aromatic rings. The molecule has 1 aliphatic rings. The van der Waals surface area contributed by atoms with Gasteiger partial charge >= 0.3 is 0 Å². The summed E-state index contributed by atoms with van der Waals surface area (Å²) in [5, 5.41) is 3.29. The number of benzene rings is 1. The zero-order chi connectivity index (χ0) is 18.9. The summed E-state index contributed by atoms with van der Waals surface area (Å²) in [4.78, 5) is 13.1. The summed E-state index contributed by atoms with van der Waals surface area (Å²) in [5.41, 5.74) is 7.19. The number of hydrogen-bond donors (Lipinski definition) is 2. The molecule has 0 unspecified atom stereocenters. The van der Waals surface area contributed by atoms with Gasteiger partial charge in [0.05, 0.1) is 0 Å². The second kappa shape index (κ2) is 9.75. The van der Waals surface area contributed by atoms with E-state index in [2.05, 4.69) is 25.1 Å². The number of piperazine rings is 1. The summed E-state index contributed by atoms with van der Waals surface area (Å²) < 4.78 is 13.0. The topological polar surface area (TPSA) is 69.8 Å². The van der Waals surface area contributed by atoms with Crippen molar-refractivity contribution in [3.63, 3.8) is 0 Å². The molecule has 1 saturated heterocycles. The number of halogens is 1. The molecule has 0 amide bonds. The Hall–Kier alpha value is -2.83. The van der Waals surface area contributed by atoms with E-state index in [4.69, 9.17) is 5.73 Å². The van der Waals surface area contributed by atoms with Crippen LogP contribution in [-0.2, 0) is 0 Å². The van der Waals surface area contributed by atoms with E-state index in [1.54, 1.807) is 6.20 Å². The van der Waals surface area contributed by atoms with Gasteiger partial charge in [-0.25, -0.2) is 9.37 Å². The number of guanidine groups is 1. The number of unbranched alkanes of at least 4 members (excludes halogenated alkanes) is 1. The summed E-state index contributed by atoms with van der Waals surface area (Å²) in [5.74, 6) is 1.31. The summed E-state index contributed by atoms with van der Waals surface area (Å²) in [6.07, 6.45) is 3.78. The number of aromatic nitrogens is 1. The van der Waals surface area contributed by atoms with Crippen molar-refractivity contribution in [2.45, 2.75) is 12.8 Å². The quantitative estimate of drug-likeness (QED) is 0.445. The first kappa shape index (κ1) is 18.9. The fraction of sp³-hybridized carbons (Fsp3) is 0.400. The van der Waals surface area contributed by atoms with Gasteiger partial charge in [-0.05, 0) is 49.2 Å². The summed E-state index contributed by atoms with van der Waals surface area (Å²) in [6, 6.07) is 12.5. The highest BCUT2D eigenvalue weighted by Gasteiger charge is 2.18. The maximum absolute atomic E-state index is 13.0. The Balaban J connectivity index is 1.33. The Morgan fingerprint density at radius 1 is 1.07 bits per heavy atom. The number of nitrogens with zero attached hydrogens (tertiary/aromatic N) is 4. The molecule has 0 aliphatic carbocycles. The molecule has 2 heterocycles. The van der Waals surface area contributed by atoms with Crippen molar-refractivity contribution in [1.29, 1.82) is 0 Å². The van der Waals surface area contributed by atoms with Crippen LogP contribution in [0.25, 0.3) is 0 Å². The average Bonchev–Trinajstić information content (AvgIpc) is 2.72. The zero-order valence-corrected chi connectivity index (χ0v) is 15.5. The van der Waals surface area contributed by atoms with E-state index in [1.165, 1.54) is 12.1 Å². The third kappa shape index (κ3) is 5.84. The van der Waals surface area contributed by atoms with Crippen molar-refractivity contribution in [1.82, 2.24) is 9.88 Å². The molecular weight excluding hydrogens is 343 g/mol. The number of aliphatic imine (C=N–C) groups is 1. The lowest BCUT2D eigenvalue weighted by molar-refractivity contribution is 0.380. The van der Waals surface area contributed by atoms with Gasteiger partial charge in [0, 0.05) is 51.2 Å². The number of hydrogen-bond acceptors (Lipinski definition) is 4. The third-order valence-electron chi connectivity index (χ3n) is 4.63. The van der Waals surface area contributed by atoms with Gasteiger partial charge in [-0.2, -0.15) is 0 Å². The monoisotopic (exact) mass is 370 g/mol. The van der Waals surface area contributed by atoms with Gasteiger partial charge < -0.3 is 20.9 Å². The first-order valence-electron chi connectivity index (χ1n) is 9.43. The van der Waals surface area contributed by atoms with Crippen LogP contribution >= 0.6 is 0 Å². The van der Waals surface area contributed by atoms with Gasteiger partial charge in [0.15, 0.2) is 5.96 Å². The minimum atomic E-state index is -0.205. The second-order valence-electron chi connectivity index (χ2n) is 6.54. The molecule has 0 radical (unpaired) electrons. The lowest BCUT2D eigenvalue weighted by Crippen LogP contribution is -2.51. The molecule has 1 aromatic heterocycles. The standard InChI is InChI=1S/C20H27FN6/c21-17-6-8-18(9-7-17)26-13-15-27(16-14-26)20(22)25-12-4-3-11-24-19-5-1-2-10-23-19/h1-2,5-10H,3-4,11-16H2,(H2,22,25)(H,23,24). The highest BCUT2D eigenvalue weighted by atomic mass is 19.1. The van der Waals surface area contributed by atoms with Crippen LogP contribution in [-0.4, -0.2) is 55.1 Å². The van der Waals surface area contributed by atoms with Gasteiger partial charge in [0.2, 0.25) is 0 Å². The largest absolute Gasteiger partial charge is 0.370 e. The van der Waals surface area contributed by atoms with Crippen molar-refractivity contribution >= 4 is 17.5 Å². The molecule has 6 nitrogen and oxygen atoms in total. The van der Waals surface area contributed by atoms with E-state index in [9.17, 15) is 4.39 Å². The van der Waals surface area contributed by atoms with Crippen molar-refractivity contribution in [3.05, 3.63) is 54.5 Å². The van der Waals surface area contributed by atoms with Gasteiger partial charge in [0.25, 0.3) is 0 Å². The van der Waals surface area contributed by atoms with Crippen LogP contribution in [0.15, 0.2) is 53.7 Å². The molecule has 0 saturated carbocycles. The maximum atomic E-state index is 13.0. The summed E-state index contributed by atoms with van der Waals surface area (Å²) in [6.45, 7) is 4.98. The third-order valence-corrected chi connectivity index (χ3v) is 4.63. The molecule has 27 heavy (non-hydrogen) atoms. The second-order valence-corrected chi connectivity index (χ2v) is 6.54. The fourth-order valence-electron chi connectivity index (χ4n) is 3.06. The van der Waals surface area contributed by atoms with E-state index in [1.807, 2.05) is 30.3 Å². The van der Waals surface area contributed by atoms with Gasteiger partial charge in [-0.1, -0.05) is 6.07 Å². The fourth-order valence-corrected chi connectivity index (χ4v) is 3.06. The summed E-state index contributed by atoms with van der Waals surface area (Å²) in [7, 11) is 0. The molecule has 144 valence electrons. The number of pyridine rings is 1. The first-order chi connectivity index (χ1) is 13.2. The van der Waals surface area contributed by atoms with E-state index in [0.29, 0.717) is 5.96 Å². The molecule has 1 aromatic carbocycles. The first-order valence-corrected chi connectivity index (χ1v) is 9.43. The molecule has 3 N–H and O–H groups in total. The Kier molecular flexibility index (Phi) is 6.84. The van der Waals surface area contributed by atoms with Crippen LogP contribution in [0.1, 0.15) is 12.8 Å². The van der Waals surface area contributed by atoms with Crippen molar-refractivity contribution in [2.24, 2.45) is 10.7 Å². The lowest BCUT2D eigenvalue weighted by atomic mass is 10.2. The van der Waals surface area contributed by atoms with Crippen LogP contribution in [0.3, 0.4) is 0 Å². The number of nitrogens with two attached hydrogens (primary N) is 1. The number of nitrogens with one attached hydrogen (secondary N) is 1. The minimum absolute atomic E-state index is 0.205. The van der Waals surface area contributed by atoms with E-state index in [0.717, 1.165) is 63.6 Å². The molecule has 3 rings (SSSR count). The van der Waals surface area contributed by atoms with Gasteiger partial charge in [-0.3, -0.25) is 4.99 Å². The molecule has 0 spiro atoms. The predicted molar refractivity (Wildman–Crippen MR) is 109 cm³/mol. The molecular formula is C20H27FN6. The zero-order valence-electron chi connectivity index (χ0n) is 15.5. The Morgan fingerprint density at radius 3 is 2.56 bits per heavy atom. The van der Waals surface area contributed by atoms with E-state index < -0.39 is 0 Å². The molecule has 7 heteroatoms. The normalized spacial score (nSPS) is 15.1. The molecule has 0 atom stereocenters. The smallest absolute Gasteiger partial charge is 0.191 e. The average molecular weight is 370 g/mol.